The fourth-order valence-electron chi connectivity index (χ4n) is 1.68. The van der Waals surface area contributed by atoms with E-state index >= 15 is 0 Å². The molecule has 0 aliphatic carbocycles. The number of aliphatic hydroxyl groups excluding tert-OH is 1. The number of nitrogens with one attached hydrogen (secondary N) is 1. The van der Waals surface area contributed by atoms with Crippen LogP contribution in [0.4, 0.5) is 0 Å². The number of rotatable bonds is 7. The van der Waals surface area contributed by atoms with Crippen molar-refractivity contribution in [1.82, 2.24) is 5.32 Å². The van der Waals surface area contributed by atoms with E-state index < -0.39 is 6.10 Å². The maximum Gasteiger partial charge on any atom is 0.223 e. The van der Waals surface area contributed by atoms with Gasteiger partial charge in [-0.2, -0.15) is 0 Å². The van der Waals surface area contributed by atoms with Crippen LogP contribution in [-0.4, -0.2) is 30.8 Å². The van der Waals surface area contributed by atoms with Gasteiger partial charge in [0, 0.05) is 24.8 Å². The molecule has 4 nitrogen and oxygen atoms in total. The highest BCUT2D eigenvalue weighted by Crippen LogP contribution is 2.19. The van der Waals surface area contributed by atoms with Crippen molar-refractivity contribution in [1.29, 1.82) is 0 Å². The molecule has 1 rings (SSSR count). The highest BCUT2D eigenvalue weighted by molar-refractivity contribution is 6.30. The van der Waals surface area contributed by atoms with Gasteiger partial charge in [0.25, 0.3) is 0 Å². The number of halogens is 1. The molecule has 1 aromatic rings. The summed E-state index contributed by atoms with van der Waals surface area (Å²) in [6.45, 7) is 2.51. The van der Waals surface area contributed by atoms with E-state index in [1.54, 1.807) is 31.4 Å². The standard InChI is InChI=1S/C14H20ClNO3/c1-10(7-8-19-2)16-14(18)9-13(17)11-3-5-12(15)6-4-11/h3-6,10,13,17H,7-9H2,1-2H3,(H,16,18). The molecule has 0 heterocycles. The van der Waals surface area contributed by atoms with E-state index in [-0.39, 0.29) is 18.4 Å². The van der Waals surface area contributed by atoms with Crippen LogP contribution in [0.3, 0.4) is 0 Å². The summed E-state index contributed by atoms with van der Waals surface area (Å²) < 4.78 is 4.94. The Morgan fingerprint density at radius 2 is 2.05 bits per heavy atom. The third-order valence-electron chi connectivity index (χ3n) is 2.80. The monoisotopic (exact) mass is 285 g/mol. The van der Waals surface area contributed by atoms with E-state index in [0.717, 1.165) is 6.42 Å². The van der Waals surface area contributed by atoms with Crippen LogP contribution in [0.5, 0.6) is 0 Å². The van der Waals surface area contributed by atoms with Crippen molar-refractivity contribution >= 4 is 17.5 Å². The Bertz CT molecular complexity index is 394. The number of benzene rings is 1. The first-order chi connectivity index (χ1) is 9.02. The zero-order valence-electron chi connectivity index (χ0n) is 11.2. The van der Waals surface area contributed by atoms with E-state index in [0.29, 0.717) is 17.2 Å². The van der Waals surface area contributed by atoms with Crippen LogP contribution < -0.4 is 5.32 Å². The summed E-state index contributed by atoms with van der Waals surface area (Å²) in [5, 5.41) is 13.4. The van der Waals surface area contributed by atoms with Gasteiger partial charge in [0.1, 0.15) is 0 Å². The van der Waals surface area contributed by atoms with Crippen molar-refractivity contribution in [3.8, 4) is 0 Å². The molecule has 0 fully saturated rings. The van der Waals surface area contributed by atoms with Crippen molar-refractivity contribution < 1.29 is 14.6 Å². The van der Waals surface area contributed by atoms with Crippen LogP contribution in [0.15, 0.2) is 24.3 Å². The lowest BCUT2D eigenvalue weighted by Gasteiger charge is -2.15. The molecule has 0 radical (unpaired) electrons. The van der Waals surface area contributed by atoms with Crippen LogP contribution in [0.25, 0.3) is 0 Å². The molecule has 0 bridgehead atoms. The number of hydrogen-bond acceptors (Lipinski definition) is 3. The van der Waals surface area contributed by atoms with Gasteiger partial charge in [-0.15, -0.1) is 0 Å². The van der Waals surface area contributed by atoms with E-state index in [9.17, 15) is 9.90 Å². The second-order valence-electron chi connectivity index (χ2n) is 4.52. The molecule has 2 unspecified atom stereocenters. The quantitative estimate of drug-likeness (QED) is 0.808. The Kier molecular flexibility index (Phi) is 6.84. The van der Waals surface area contributed by atoms with Gasteiger partial charge in [0.2, 0.25) is 5.91 Å². The number of carbonyl (C=O) groups is 1. The molecule has 0 aliphatic rings. The van der Waals surface area contributed by atoms with Crippen molar-refractivity contribution in [3.63, 3.8) is 0 Å². The largest absolute Gasteiger partial charge is 0.388 e. The topological polar surface area (TPSA) is 58.6 Å². The summed E-state index contributed by atoms with van der Waals surface area (Å²) in [7, 11) is 1.62. The number of amides is 1. The zero-order chi connectivity index (χ0) is 14.3. The number of carbonyl (C=O) groups excluding carboxylic acids is 1. The van der Waals surface area contributed by atoms with Crippen LogP contribution in [0, 0.1) is 0 Å². The average molecular weight is 286 g/mol. The van der Waals surface area contributed by atoms with Gasteiger partial charge in [-0.3, -0.25) is 4.79 Å². The first-order valence-electron chi connectivity index (χ1n) is 6.24. The summed E-state index contributed by atoms with van der Waals surface area (Å²) in [4.78, 5) is 11.7. The molecule has 1 aromatic carbocycles. The molecular formula is C14H20ClNO3. The van der Waals surface area contributed by atoms with E-state index in [1.807, 2.05) is 6.92 Å². The fraction of sp³-hybridized carbons (Fsp3) is 0.500. The van der Waals surface area contributed by atoms with Gasteiger partial charge in [-0.05, 0) is 31.0 Å². The second-order valence-corrected chi connectivity index (χ2v) is 4.96. The molecule has 2 N–H and O–H groups in total. The molecule has 0 aromatic heterocycles. The zero-order valence-corrected chi connectivity index (χ0v) is 12.0. The van der Waals surface area contributed by atoms with Gasteiger partial charge in [-0.1, -0.05) is 23.7 Å². The predicted molar refractivity (Wildman–Crippen MR) is 75.1 cm³/mol. The Balaban J connectivity index is 2.41. The number of aliphatic hydroxyl groups is 1. The predicted octanol–water partition coefficient (Wildman–Crippen LogP) is 2.30. The van der Waals surface area contributed by atoms with E-state index in [2.05, 4.69) is 5.32 Å². The third-order valence-corrected chi connectivity index (χ3v) is 3.05. The maximum atomic E-state index is 11.7. The maximum absolute atomic E-state index is 11.7. The second kappa shape index (κ2) is 8.15. The summed E-state index contributed by atoms with van der Waals surface area (Å²) >= 11 is 5.77. The first kappa shape index (κ1) is 16.0. The Labute approximate surface area is 118 Å². The summed E-state index contributed by atoms with van der Waals surface area (Å²) in [6, 6.07) is 6.85. The van der Waals surface area contributed by atoms with Crippen LogP contribution in [0.2, 0.25) is 5.02 Å². The molecule has 106 valence electrons. The number of hydrogen-bond donors (Lipinski definition) is 2. The van der Waals surface area contributed by atoms with Crippen LogP contribution in [0.1, 0.15) is 31.4 Å². The minimum absolute atomic E-state index is 0.0323. The SMILES string of the molecule is COCCC(C)NC(=O)CC(O)c1ccc(Cl)cc1. The molecule has 2 atom stereocenters. The highest BCUT2D eigenvalue weighted by Gasteiger charge is 2.14. The van der Waals surface area contributed by atoms with Crippen LogP contribution >= 0.6 is 11.6 Å². The summed E-state index contributed by atoms with van der Waals surface area (Å²) in [5.41, 5.74) is 0.684. The van der Waals surface area contributed by atoms with Crippen molar-refractivity contribution in [2.75, 3.05) is 13.7 Å². The lowest BCUT2D eigenvalue weighted by Crippen LogP contribution is -2.34. The normalized spacial score (nSPS) is 13.9. The smallest absolute Gasteiger partial charge is 0.223 e. The Hall–Kier alpha value is -1.10. The molecular weight excluding hydrogens is 266 g/mol. The Morgan fingerprint density at radius 1 is 1.42 bits per heavy atom. The first-order valence-corrected chi connectivity index (χ1v) is 6.62. The molecule has 0 saturated carbocycles. The molecule has 0 spiro atoms. The lowest BCUT2D eigenvalue weighted by atomic mass is 10.1. The van der Waals surface area contributed by atoms with Gasteiger partial charge in [0.15, 0.2) is 0 Å². The molecule has 0 aliphatic heterocycles. The van der Waals surface area contributed by atoms with E-state index in [4.69, 9.17) is 16.3 Å². The van der Waals surface area contributed by atoms with Crippen molar-refractivity contribution in [2.45, 2.75) is 31.9 Å². The minimum Gasteiger partial charge on any atom is -0.388 e. The van der Waals surface area contributed by atoms with Gasteiger partial charge in [-0.25, -0.2) is 0 Å². The third kappa shape index (κ3) is 6.05. The molecule has 0 saturated heterocycles. The van der Waals surface area contributed by atoms with Crippen LogP contribution in [-0.2, 0) is 9.53 Å². The van der Waals surface area contributed by atoms with Crippen molar-refractivity contribution in [2.24, 2.45) is 0 Å². The van der Waals surface area contributed by atoms with Gasteiger partial charge in [0.05, 0.1) is 12.5 Å². The van der Waals surface area contributed by atoms with Gasteiger partial charge >= 0.3 is 0 Å². The highest BCUT2D eigenvalue weighted by atomic mass is 35.5. The molecule has 5 heteroatoms. The average Bonchev–Trinajstić information content (AvgIpc) is 2.36. The lowest BCUT2D eigenvalue weighted by molar-refractivity contribution is -0.123. The number of ether oxygens (including phenoxy) is 1. The van der Waals surface area contributed by atoms with Crippen molar-refractivity contribution in [3.05, 3.63) is 34.9 Å². The number of methoxy groups -OCH3 is 1. The minimum atomic E-state index is -0.813. The summed E-state index contributed by atoms with van der Waals surface area (Å²) in [6.07, 6.45) is -0.0231. The molecule has 19 heavy (non-hydrogen) atoms. The molecule has 1 amide bonds. The van der Waals surface area contributed by atoms with E-state index in [1.165, 1.54) is 0 Å². The van der Waals surface area contributed by atoms with Gasteiger partial charge < -0.3 is 15.2 Å². The fourth-order valence-corrected chi connectivity index (χ4v) is 1.80. The Morgan fingerprint density at radius 3 is 2.63 bits per heavy atom. The summed E-state index contributed by atoms with van der Waals surface area (Å²) in [5.74, 6) is -0.175.